The van der Waals surface area contributed by atoms with E-state index in [1.54, 1.807) is 17.0 Å². The second kappa shape index (κ2) is 9.41. The van der Waals surface area contributed by atoms with Crippen LogP contribution in [0, 0.1) is 5.92 Å². The topological polar surface area (TPSA) is 66.9 Å². The number of benzene rings is 2. The van der Waals surface area contributed by atoms with Gasteiger partial charge in [-0.1, -0.05) is 37.3 Å². The molecule has 2 aromatic carbocycles. The molecule has 6 nitrogen and oxygen atoms in total. The lowest BCUT2D eigenvalue weighted by Gasteiger charge is -2.32. The average molecular weight is 417 g/mol. The van der Waals surface area contributed by atoms with Crippen LogP contribution in [-0.2, 0) is 21.4 Å². The number of carbonyl (C=O) groups excluding carboxylic acids is 1. The molecule has 0 aromatic heterocycles. The third-order valence-corrected chi connectivity index (χ3v) is 7.15. The van der Waals surface area contributed by atoms with Crippen molar-refractivity contribution in [2.45, 2.75) is 31.2 Å². The van der Waals surface area contributed by atoms with Gasteiger partial charge in [-0.05, 0) is 48.6 Å². The number of piperidine rings is 1. The molecule has 2 aromatic rings. The number of sulfonamides is 1. The Hall–Kier alpha value is -2.38. The summed E-state index contributed by atoms with van der Waals surface area (Å²) in [5.74, 6) is 1.03. The molecule has 0 bridgehead atoms. The van der Waals surface area contributed by atoms with Crippen molar-refractivity contribution in [2.75, 3.05) is 26.7 Å². The summed E-state index contributed by atoms with van der Waals surface area (Å²) in [7, 11) is -2.31. The molecular weight excluding hydrogens is 388 g/mol. The average Bonchev–Trinajstić information content (AvgIpc) is 2.74. The van der Waals surface area contributed by atoms with E-state index in [0.717, 1.165) is 18.4 Å². The van der Waals surface area contributed by atoms with Crippen LogP contribution in [0.15, 0.2) is 59.5 Å². The Labute approximate surface area is 173 Å². The van der Waals surface area contributed by atoms with Gasteiger partial charge in [-0.15, -0.1) is 0 Å². The number of hydrogen-bond donors (Lipinski definition) is 0. The highest BCUT2D eigenvalue weighted by Gasteiger charge is 2.29. The summed E-state index contributed by atoms with van der Waals surface area (Å²) in [6, 6.07) is 15.6. The molecule has 1 aliphatic rings. The van der Waals surface area contributed by atoms with E-state index in [1.807, 2.05) is 30.3 Å². The summed E-state index contributed by atoms with van der Waals surface area (Å²) >= 11 is 0. The standard InChI is InChI=1S/C22H28N2O4S/c1-18-12-14-23(15-13-18)22(25)17-24(16-19-6-4-3-5-7-19)29(26,27)21-10-8-20(28-2)9-11-21/h3-11,18H,12-17H2,1-2H3. The van der Waals surface area contributed by atoms with Crippen molar-refractivity contribution < 1.29 is 17.9 Å². The highest BCUT2D eigenvalue weighted by Crippen LogP contribution is 2.22. The van der Waals surface area contributed by atoms with Crippen molar-refractivity contribution >= 4 is 15.9 Å². The lowest BCUT2D eigenvalue weighted by atomic mass is 9.99. The molecule has 0 saturated carbocycles. The second-order valence-corrected chi connectivity index (χ2v) is 9.44. The van der Waals surface area contributed by atoms with E-state index in [9.17, 15) is 13.2 Å². The predicted octanol–water partition coefficient (Wildman–Crippen LogP) is 3.14. The van der Waals surface area contributed by atoms with Crippen molar-refractivity contribution in [3.05, 3.63) is 60.2 Å². The van der Waals surface area contributed by atoms with Crippen LogP contribution in [0.25, 0.3) is 0 Å². The molecule has 1 saturated heterocycles. The molecule has 29 heavy (non-hydrogen) atoms. The van der Waals surface area contributed by atoms with E-state index >= 15 is 0 Å². The first-order valence-electron chi connectivity index (χ1n) is 9.86. The minimum absolute atomic E-state index is 0.144. The van der Waals surface area contributed by atoms with Gasteiger partial charge in [-0.3, -0.25) is 4.79 Å². The van der Waals surface area contributed by atoms with E-state index in [0.29, 0.717) is 24.8 Å². The van der Waals surface area contributed by atoms with Crippen molar-refractivity contribution in [1.29, 1.82) is 0 Å². The second-order valence-electron chi connectivity index (χ2n) is 7.50. The van der Waals surface area contributed by atoms with E-state index in [1.165, 1.54) is 23.5 Å². The fraction of sp³-hybridized carbons (Fsp3) is 0.409. The smallest absolute Gasteiger partial charge is 0.243 e. The lowest BCUT2D eigenvalue weighted by molar-refractivity contribution is -0.132. The normalized spacial score (nSPS) is 15.5. The Morgan fingerprint density at radius 2 is 1.69 bits per heavy atom. The molecule has 1 heterocycles. The summed E-state index contributed by atoms with van der Waals surface area (Å²) in [5, 5.41) is 0. The van der Waals surface area contributed by atoms with Crippen LogP contribution >= 0.6 is 0 Å². The molecule has 0 atom stereocenters. The van der Waals surface area contributed by atoms with Gasteiger partial charge in [0, 0.05) is 19.6 Å². The van der Waals surface area contributed by atoms with Crippen molar-refractivity contribution in [3.63, 3.8) is 0 Å². The zero-order valence-corrected chi connectivity index (χ0v) is 17.8. The molecule has 0 aliphatic carbocycles. The molecule has 0 N–H and O–H groups in total. The fourth-order valence-corrected chi connectivity index (χ4v) is 4.80. The Balaban J connectivity index is 1.84. The van der Waals surface area contributed by atoms with Crippen LogP contribution in [0.4, 0.5) is 0 Å². The fourth-order valence-electron chi connectivity index (χ4n) is 3.42. The third-order valence-electron chi connectivity index (χ3n) is 5.35. The molecule has 3 rings (SSSR count). The molecule has 0 spiro atoms. The van der Waals surface area contributed by atoms with E-state index in [4.69, 9.17) is 4.74 Å². The quantitative estimate of drug-likeness (QED) is 0.695. The molecule has 0 radical (unpaired) electrons. The highest BCUT2D eigenvalue weighted by atomic mass is 32.2. The number of carbonyl (C=O) groups is 1. The van der Waals surface area contributed by atoms with Gasteiger partial charge in [0.1, 0.15) is 5.75 Å². The molecule has 156 valence electrons. The van der Waals surface area contributed by atoms with Crippen molar-refractivity contribution in [3.8, 4) is 5.75 Å². The summed E-state index contributed by atoms with van der Waals surface area (Å²) in [5.41, 5.74) is 0.838. The summed E-state index contributed by atoms with van der Waals surface area (Å²) in [4.78, 5) is 14.8. The Morgan fingerprint density at radius 1 is 1.07 bits per heavy atom. The van der Waals surface area contributed by atoms with Crippen molar-refractivity contribution in [1.82, 2.24) is 9.21 Å². The molecule has 1 fully saturated rings. The summed E-state index contributed by atoms with van der Waals surface area (Å²) in [6.07, 6.45) is 1.91. The van der Waals surface area contributed by atoms with Gasteiger partial charge in [0.05, 0.1) is 18.6 Å². The lowest BCUT2D eigenvalue weighted by Crippen LogP contribution is -2.45. The van der Waals surface area contributed by atoms with Gasteiger partial charge < -0.3 is 9.64 Å². The zero-order chi connectivity index (χ0) is 20.9. The molecule has 0 unspecified atom stereocenters. The number of ether oxygens (including phenoxy) is 1. The Morgan fingerprint density at radius 3 is 2.28 bits per heavy atom. The van der Waals surface area contributed by atoms with Gasteiger partial charge >= 0.3 is 0 Å². The van der Waals surface area contributed by atoms with Crippen LogP contribution in [0.3, 0.4) is 0 Å². The minimum atomic E-state index is -3.84. The molecule has 1 amide bonds. The van der Waals surface area contributed by atoms with Gasteiger partial charge in [-0.2, -0.15) is 4.31 Å². The highest BCUT2D eigenvalue weighted by molar-refractivity contribution is 7.89. The number of hydrogen-bond acceptors (Lipinski definition) is 4. The van der Waals surface area contributed by atoms with E-state index in [2.05, 4.69) is 6.92 Å². The Kier molecular flexibility index (Phi) is 6.92. The predicted molar refractivity (Wildman–Crippen MR) is 112 cm³/mol. The summed E-state index contributed by atoms with van der Waals surface area (Å²) in [6.45, 7) is 3.52. The maximum absolute atomic E-state index is 13.3. The first kappa shape index (κ1) is 21.3. The first-order valence-corrected chi connectivity index (χ1v) is 11.3. The van der Waals surface area contributed by atoms with Crippen LogP contribution in [0.2, 0.25) is 0 Å². The largest absolute Gasteiger partial charge is 0.497 e. The molecular formula is C22H28N2O4S. The molecule has 7 heteroatoms. The van der Waals surface area contributed by atoms with Crippen LogP contribution in [0.5, 0.6) is 5.75 Å². The number of methoxy groups -OCH3 is 1. The van der Waals surface area contributed by atoms with Crippen molar-refractivity contribution in [2.24, 2.45) is 5.92 Å². The first-order chi connectivity index (χ1) is 13.9. The maximum Gasteiger partial charge on any atom is 0.243 e. The van der Waals surface area contributed by atoms with Crippen LogP contribution in [0.1, 0.15) is 25.3 Å². The summed E-state index contributed by atoms with van der Waals surface area (Å²) < 4.78 is 33.0. The number of rotatable bonds is 7. The maximum atomic E-state index is 13.3. The zero-order valence-electron chi connectivity index (χ0n) is 17.0. The number of nitrogens with zero attached hydrogens (tertiary/aromatic N) is 2. The SMILES string of the molecule is COc1ccc(S(=O)(=O)N(CC(=O)N2CCC(C)CC2)Cc2ccccc2)cc1. The number of likely N-dealkylation sites (tertiary alicyclic amines) is 1. The monoisotopic (exact) mass is 416 g/mol. The minimum Gasteiger partial charge on any atom is -0.497 e. The molecule has 1 aliphatic heterocycles. The van der Waals surface area contributed by atoms with Crippen LogP contribution in [-0.4, -0.2) is 50.3 Å². The van der Waals surface area contributed by atoms with E-state index < -0.39 is 10.0 Å². The Bertz CT molecular complexity index is 906. The van der Waals surface area contributed by atoms with Crippen LogP contribution < -0.4 is 4.74 Å². The van der Waals surface area contributed by atoms with E-state index in [-0.39, 0.29) is 23.9 Å². The van der Waals surface area contributed by atoms with Gasteiger partial charge in [-0.25, -0.2) is 8.42 Å². The van der Waals surface area contributed by atoms with Gasteiger partial charge in [0.2, 0.25) is 15.9 Å². The number of amides is 1. The third kappa shape index (κ3) is 5.36. The van der Waals surface area contributed by atoms with Gasteiger partial charge in [0.25, 0.3) is 0 Å². The van der Waals surface area contributed by atoms with Gasteiger partial charge in [0.15, 0.2) is 0 Å².